The molecule has 1 N–H and O–H groups in total. The first-order valence-electron chi connectivity index (χ1n) is 11.3. The molecule has 0 aliphatic heterocycles. The van der Waals surface area contributed by atoms with Crippen molar-refractivity contribution in [2.24, 2.45) is 0 Å². The number of carbonyl (C=O) groups is 2. The summed E-state index contributed by atoms with van der Waals surface area (Å²) in [6, 6.07) is 21.2. The molecule has 0 saturated heterocycles. The molecular formula is C27H31BrN2O3. The number of halogens is 1. The summed E-state index contributed by atoms with van der Waals surface area (Å²) in [4.78, 5) is 27.6. The fraction of sp³-hybridized carbons (Fsp3) is 0.333. The van der Waals surface area contributed by atoms with Gasteiger partial charge in [0.15, 0.2) is 6.61 Å². The van der Waals surface area contributed by atoms with Crippen molar-refractivity contribution in [3.8, 4) is 5.75 Å². The van der Waals surface area contributed by atoms with Gasteiger partial charge in [-0.3, -0.25) is 9.59 Å². The van der Waals surface area contributed by atoms with Gasteiger partial charge < -0.3 is 15.0 Å². The molecule has 0 aliphatic carbocycles. The van der Waals surface area contributed by atoms with Crippen molar-refractivity contribution in [2.45, 2.75) is 45.7 Å². The van der Waals surface area contributed by atoms with E-state index in [1.807, 2.05) is 80.6 Å². The molecule has 5 nitrogen and oxygen atoms in total. The Bertz CT molecular complexity index is 1090. The number of ether oxygens (including phenoxy) is 1. The zero-order valence-corrected chi connectivity index (χ0v) is 21.0. The molecule has 0 aromatic heterocycles. The zero-order valence-electron chi connectivity index (χ0n) is 19.4. The monoisotopic (exact) mass is 510 g/mol. The van der Waals surface area contributed by atoms with Crippen molar-refractivity contribution in [1.29, 1.82) is 0 Å². The lowest BCUT2D eigenvalue weighted by atomic mass is 10.1. The van der Waals surface area contributed by atoms with E-state index in [4.69, 9.17) is 4.74 Å². The Morgan fingerprint density at radius 2 is 1.70 bits per heavy atom. The molecule has 2 unspecified atom stereocenters. The lowest BCUT2D eigenvalue weighted by Gasteiger charge is -2.29. The summed E-state index contributed by atoms with van der Waals surface area (Å²) in [7, 11) is 0. The highest BCUT2D eigenvalue weighted by Crippen LogP contribution is 2.33. The SMILES string of the molecule is CCC(C)NC(=O)C(C)N(CCc1ccccc1)C(=O)COc1ccc2ccccc2c1Br. The van der Waals surface area contributed by atoms with E-state index in [0.29, 0.717) is 18.7 Å². The van der Waals surface area contributed by atoms with Crippen molar-refractivity contribution in [1.82, 2.24) is 10.2 Å². The number of nitrogens with zero attached hydrogens (tertiary/aromatic N) is 1. The molecule has 0 radical (unpaired) electrons. The third-order valence-corrected chi connectivity index (χ3v) is 6.65. The highest BCUT2D eigenvalue weighted by Gasteiger charge is 2.27. The Morgan fingerprint density at radius 1 is 1.00 bits per heavy atom. The maximum Gasteiger partial charge on any atom is 0.261 e. The second-order valence-corrected chi connectivity index (χ2v) is 9.00. The summed E-state index contributed by atoms with van der Waals surface area (Å²) < 4.78 is 6.71. The average Bonchev–Trinajstić information content (AvgIpc) is 2.84. The third kappa shape index (κ3) is 6.57. The quantitative estimate of drug-likeness (QED) is 0.399. The first-order chi connectivity index (χ1) is 15.9. The molecule has 0 spiro atoms. The van der Waals surface area contributed by atoms with Gasteiger partial charge in [0.2, 0.25) is 5.91 Å². The molecule has 0 bridgehead atoms. The number of amides is 2. The van der Waals surface area contributed by atoms with Crippen LogP contribution in [0.2, 0.25) is 0 Å². The van der Waals surface area contributed by atoms with Gasteiger partial charge in [-0.25, -0.2) is 0 Å². The van der Waals surface area contributed by atoms with Crippen molar-refractivity contribution < 1.29 is 14.3 Å². The minimum Gasteiger partial charge on any atom is -0.483 e. The molecule has 3 aromatic carbocycles. The smallest absolute Gasteiger partial charge is 0.261 e. The van der Waals surface area contributed by atoms with Crippen LogP contribution >= 0.6 is 15.9 Å². The fourth-order valence-corrected chi connectivity index (χ4v) is 4.19. The minimum absolute atomic E-state index is 0.0517. The van der Waals surface area contributed by atoms with Crippen LogP contribution in [-0.4, -0.2) is 41.9 Å². The Hall–Kier alpha value is -2.86. The second-order valence-electron chi connectivity index (χ2n) is 8.20. The predicted molar refractivity (Wildman–Crippen MR) is 136 cm³/mol. The summed E-state index contributed by atoms with van der Waals surface area (Å²) in [5.74, 6) is 0.220. The van der Waals surface area contributed by atoms with E-state index in [1.54, 1.807) is 11.8 Å². The standard InChI is InChI=1S/C27H31BrN2O3/c1-4-19(2)29-27(32)20(3)30(17-16-21-10-6-5-7-11-21)25(31)18-33-24-15-14-22-12-8-9-13-23(22)26(24)28/h5-15,19-20H,4,16-18H2,1-3H3,(H,29,32). The second kappa shape index (κ2) is 11.8. The Labute approximate surface area is 204 Å². The first kappa shape index (κ1) is 24.8. The Morgan fingerprint density at radius 3 is 2.42 bits per heavy atom. The molecule has 0 heterocycles. The summed E-state index contributed by atoms with van der Waals surface area (Å²) in [6.45, 7) is 6.03. The van der Waals surface area contributed by atoms with E-state index in [0.717, 1.165) is 27.2 Å². The first-order valence-corrected chi connectivity index (χ1v) is 12.1. The minimum atomic E-state index is -0.598. The van der Waals surface area contributed by atoms with Crippen LogP contribution in [0.25, 0.3) is 10.8 Å². The van der Waals surface area contributed by atoms with Crippen LogP contribution in [0.4, 0.5) is 0 Å². The van der Waals surface area contributed by atoms with Gasteiger partial charge in [0.05, 0.1) is 4.47 Å². The number of rotatable bonds is 10. The number of fused-ring (bicyclic) bond motifs is 1. The Kier molecular flexibility index (Phi) is 8.89. The summed E-state index contributed by atoms with van der Waals surface area (Å²) >= 11 is 3.60. The van der Waals surface area contributed by atoms with Crippen LogP contribution in [0, 0.1) is 0 Å². The van der Waals surface area contributed by atoms with E-state index in [-0.39, 0.29) is 24.5 Å². The van der Waals surface area contributed by atoms with Gasteiger partial charge in [-0.1, -0.05) is 67.6 Å². The third-order valence-electron chi connectivity index (χ3n) is 5.83. The molecule has 3 aromatic rings. The number of carbonyl (C=O) groups excluding carboxylic acids is 2. The zero-order chi connectivity index (χ0) is 23.8. The van der Waals surface area contributed by atoms with E-state index in [9.17, 15) is 9.59 Å². The maximum atomic E-state index is 13.2. The van der Waals surface area contributed by atoms with Crippen LogP contribution in [-0.2, 0) is 16.0 Å². The molecule has 3 rings (SSSR count). The molecule has 6 heteroatoms. The summed E-state index contributed by atoms with van der Waals surface area (Å²) in [6.07, 6.45) is 1.49. The van der Waals surface area contributed by atoms with Crippen LogP contribution < -0.4 is 10.1 Å². The number of nitrogens with one attached hydrogen (secondary N) is 1. The van der Waals surface area contributed by atoms with E-state index in [2.05, 4.69) is 21.2 Å². The van der Waals surface area contributed by atoms with Crippen molar-refractivity contribution in [2.75, 3.05) is 13.2 Å². The number of hydrogen-bond donors (Lipinski definition) is 1. The van der Waals surface area contributed by atoms with Gasteiger partial charge >= 0.3 is 0 Å². The lowest BCUT2D eigenvalue weighted by molar-refractivity contribution is -0.141. The summed E-state index contributed by atoms with van der Waals surface area (Å²) in [5, 5.41) is 5.09. The highest BCUT2D eigenvalue weighted by atomic mass is 79.9. The normalized spacial score (nSPS) is 12.7. The lowest BCUT2D eigenvalue weighted by Crippen LogP contribution is -2.51. The molecule has 0 saturated carbocycles. The molecular weight excluding hydrogens is 480 g/mol. The van der Waals surface area contributed by atoms with Crippen LogP contribution in [0.5, 0.6) is 5.75 Å². The number of benzene rings is 3. The molecule has 33 heavy (non-hydrogen) atoms. The largest absolute Gasteiger partial charge is 0.483 e. The van der Waals surface area contributed by atoms with Gasteiger partial charge in [0.25, 0.3) is 5.91 Å². The van der Waals surface area contributed by atoms with E-state index >= 15 is 0 Å². The van der Waals surface area contributed by atoms with Gasteiger partial charge in [-0.05, 0) is 65.0 Å². The molecule has 2 atom stereocenters. The fourth-order valence-electron chi connectivity index (χ4n) is 3.58. The summed E-state index contributed by atoms with van der Waals surface area (Å²) in [5.41, 5.74) is 1.11. The van der Waals surface area contributed by atoms with E-state index in [1.165, 1.54) is 0 Å². The average molecular weight is 511 g/mol. The maximum absolute atomic E-state index is 13.2. The van der Waals surface area contributed by atoms with Gasteiger partial charge in [-0.2, -0.15) is 0 Å². The number of hydrogen-bond acceptors (Lipinski definition) is 3. The van der Waals surface area contributed by atoms with Crippen LogP contribution in [0.3, 0.4) is 0 Å². The van der Waals surface area contributed by atoms with E-state index < -0.39 is 6.04 Å². The molecule has 0 fully saturated rings. The van der Waals surface area contributed by atoms with Gasteiger partial charge in [0, 0.05) is 12.6 Å². The van der Waals surface area contributed by atoms with Crippen molar-refractivity contribution >= 4 is 38.5 Å². The molecule has 174 valence electrons. The molecule has 2 amide bonds. The van der Waals surface area contributed by atoms with Gasteiger partial charge in [-0.15, -0.1) is 0 Å². The predicted octanol–water partition coefficient (Wildman–Crippen LogP) is 5.36. The molecule has 0 aliphatic rings. The van der Waals surface area contributed by atoms with Crippen molar-refractivity contribution in [3.05, 3.63) is 76.8 Å². The topological polar surface area (TPSA) is 58.6 Å². The van der Waals surface area contributed by atoms with Crippen molar-refractivity contribution in [3.63, 3.8) is 0 Å². The van der Waals surface area contributed by atoms with Crippen LogP contribution in [0.1, 0.15) is 32.8 Å². The Balaban J connectivity index is 1.73. The van der Waals surface area contributed by atoms with Gasteiger partial charge in [0.1, 0.15) is 11.8 Å². The van der Waals surface area contributed by atoms with Crippen LogP contribution in [0.15, 0.2) is 71.2 Å². The highest BCUT2D eigenvalue weighted by molar-refractivity contribution is 9.10.